The summed E-state index contributed by atoms with van der Waals surface area (Å²) in [5, 5.41) is 3.31. The number of hydrogen-bond acceptors (Lipinski definition) is 6. The number of anilines is 1. The SMILES string of the molecule is CC(Oc1ccccc1)C(=O)N1CCc2nc(NC(=O)c3ccccn3)sc2C1. The second-order valence-electron chi connectivity index (χ2n) is 6.64. The number of thiazole rings is 1. The molecule has 4 rings (SSSR count). The van der Waals surface area contributed by atoms with Gasteiger partial charge < -0.3 is 9.64 Å². The number of aromatic nitrogens is 2. The predicted molar refractivity (Wildman–Crippen MR) is 110 cm³/mol. The first kappa shape index (κ1) is 19.1. The Kier molecular flexibility index (Phi) is 5.53. The lowest BCUT2D eigenvalue weighted by Crippen LogP contribution is -2.42. The Morgan fingerprint density at radius 1 is 1.17 bits per heavy atom. The summed E-state index contributed by atoms with van der Waals surface area (Å²) in [5.41, 5.74) is 1.26. The largest absolute Gasteiger partial charge is 0.481 e. The summed E-state index contributed by atoms with van der Waals surface area (Å²) >= 11 is 1.39. The van der Waals surface area contributed by atoms with Crippen LogP contribution in [-0.2, 0) is 17.8 Å². The molecule has 148 valence electrons. The third kappa shape index (κ3) is 4.43. The minimum Gasteiger partial charge on any atom is -0.481 e. The lowest BCUT2D eigenvalue weighted by Gasteiger charge is -2.28. The fraction of sp³-hybridized carbons (Fsp3) is 0.238. The number of fused-ring (bicyclic) bond motifs is 1. The molecule has 1 atom stereocenters. The number of para-hydroxylation sites is 1. The summed E-state index contributed by atoms with van der Waals surface area (Å²) in [4.78, 5) is 36.4. The van der Waals surface area contributed by atoms with Crippen LogP contribution in [0, 0.1) is 0 Å². The molecule has 1 aliphatic heterocycles. The van der Waals surface area contributed by atoms with E-state index in [1.165, 1.54) is 11.3 Å². The van der Waals surface area contributed by atoms with Crippen molar-refractivity contribution >= 4 is 28.3 Å². The van der Waals surface area contributed by atoms with Crippen LogP contribution in [0.25, 0.3) is 0 Å². The second-order valence-corrected chi connectivity index (χ2v) is 7.72. The Balaban J connectivity index is 1.39. The molecule has 3 heterocycles. The van der Waals surface area contributed by atoms with Gasteiger partial charge >= 0.3 is 0 Å². The highest BCUT2D eigenvalue weighted by atomic mass is 32.1. The van der Waals surface area contributed by atoms with Gasteiger partial charge in [-0.3, -0.25) is 19.9 Å². The van der Waals surface area contributed by atoms with Crippen LogP contribution in [0.4, 0.5) is 5.13 Å². The van der Waals surface area contributed by atoms with Crippen LogP contribution < -0.4 is 10.1 Å². The number of carbonyl (C=O) groups excluding carboxylic acids is 2. The van der Waals surface area contributed by atoms with Gasteiger partial charge in [0.1, 0.15) is 11.4 Å². The number of hydrogen-bond donors (Lipinski definition) is 1. The second kappa shape index (κ2) is 8.40. The van der Waals surface area contributed by atoms with Crippen molar-refractivity contribution in [1.29, 1.82) is 0 Å². The van der Waals surface area contributed by atoms with Crippen LogP contribution >= 0.6 is 11.3 Å². The first-order valence-electron chi connectivity index (χ1n) is 9.31. The summed E-state index contributed by atoms with van der Waals surface area (Å²) in [6.45, 7) is 2.80. The topological polar surface area (TPSA) is 84.4 Å². The number of carbonyl (C=O) groups is 2. The molecule has 2 amide bonds. The molecule has 7 nitrogen and oxygen atoms in total. The number of pyridine rings is 1. The predicted octanol–water partition coefficient (Wildman–Crippen LogP) is 3.14. The number of ether oxygens (including phenoxy) is 1. The maximum Gasteiger partial charge on any atom is 0.276 e. The highest BCUT2D eigenvalue weighted by Crippen LogP contribution is 2.29. The number of rotatable bonds is 5. The number of nitrogens with one attached hydrogen (secondary N) is 1. The van der Waals surface area contributed by atoms with Crippen molar-refractivity contribution in [3.63, 3.8) is 0 Å². The zero-order chi connectivity index (χ0) is 20.2. The fourth-order valence-electron chi connectivity index (χ4n) is 3.11. The van der Waals surface area contributed by atoms with Gasteiger partial charge in [0.05, 0.1) is 12.2 Å². The van der Waals surface area contributed by atoms with Crippen molar-refractivity contribution in [2.24, 2.45) is 0 Å². The molecule has 1 unspecified atom stereocenters. The van der Waals surface area contributed by atoms with E-state index in [1.807, 2.05) is 30.3 Å². The Morgan fingerprint density at radius 3 is 2.72 bits per heavy atom. The molecule has 2 aromatic heterocycles. The molecular weight excluding hydrogens is 388 g/mol. The summed E-state index contributed by atoms with van der Waals surface area (Å²) in [6, 6.07) is 14.5. The molecule has 3 aromatic rings. The minimum absolute atomic E-state index is 0.0630. The third-order valence-corrected chi connectivity index (χ3v) is 5.56. The van der Waals surface area contributed by atoms with E-state index in [0.717, 1.165) is 10.6 Å². The Hall–Kier alpha value is -3.26. The summed E-state index contributed by atoms with van der Waals surface area (Å²) in [7, 11) is 0. The minimum atomic E-state index is -0.574. The molecular formula is C21H20N4O3S. The fourth-order valence-corrected chi connectivity index (χ4v) is 4.12. The molecule has 0 saturated carbocycles. The average Bonchev–Trinajstić information content (AvgIpc) is 3.15. The molecule has 1 aromatic carbocycles. The average molecular weight is 408 g/mol. The van der Waals surface area contributed by atoms with Crippen molar-refractivity contribution in [2.45, 2.75) is 26.0 Å². The van der Waals surface area contributed by atoms with E-state index in [0.29, 0.717) is 36.1 Å². The van der Waals surface area contributed by atoms with E-state index in [-0.39, 0.29) is 11.8 Å². The van der Waals surface area contributed by atoms with Gasteiger partial charge in [0.15, 0.2) is 11.2 Å². The zero-order valence-corrected chi connectivity index (χ0v) is 16.7. The lowest BCUT2D eigenvalue weighted by atomic mass is 10.1. The van der Waals surface area contributed by atoms with Gasteiger partial charge in [0.2, 0.25) is 0 Å². The Bertz CT molecular complexity index is 1010. The molecule has 0 fully saturated rings. The quantitative estimate of drug-likeness (QED) is 0.701. The van der Waals surface area contributed by atoms with Gasteiger partial charge in [-0.05, 0) is 31.2 Å². The smallest absolute Gasteiger partial charge is 0.276 e. The van der Waals surface area contributed by atoms with Gasteiger partial charge in [0, 0.05) is 24.0 Å². The molecule has 0 radical (unpaired) electrons. The number of nitrogens with zero attached hydrogens (tertiary/aromatic N) is 3. The number of amides is 2. The Labute approximate surface area is 172 Å². The van der Waals surface area contributed by atoms with Crippen LogP contribution in [0.3, 0.4) is 0 Å². The van der Waals surface area contributed by atoms with Crippen LogP contribution in [0.2, 0.25) is 0 Å². The molecule has 0 spiro atoms. The first-order valence-corrected chi connectivity index (χ1v) is 10.1. The number of benzene rings is 1. The highest BCUT2D eigenvalue weighted by Gasteiger charge is 2.28. The van der Waals surface area contributed by atoms with Crippen molar-refractivity contribution < 1.29 is 14.3 Å². The lowest BCUT2D eigenvalue weighted by molar-refractivity contribution is -0.138. The van der Waals surface area contributed by atoms with E-state index >= 15 is 0 Å². The molecule has 0 saturated heterocycles. The van der Waals surface area contributed by atoms with Crippen molar-refractivity contribution in [2.75, 3.05) is 11.9 Å². The summed E-state index contributed by atoms with van der Waals surface area (Å²) in [5.74, 6) is 0.310. The van der Waals surface area contributed by atoms with Gasteiger partial charge in [-0.2, -0.15) is 0 Å². The van der Waals surface area contributed by atoms with Crippen LogP contribution in [0.15, 0.2) is 54.7 Å². The van der Waals surface area contributed by atoms with Crippen molar-refractivity contribution in [3.8, 4) is 5.75 Å². The monoisotopic (exact) mass is 408 g/mol. The van der Waals surface area contributed by atoms with E-state index < -0.39 is 6.10 Å². The van der Waals surface area contributed by atoms with Gasteiger partial charge in [-0.25, -0.2) is 4.98 Å². The molecule has 8 heteroatoms. The molecule has 0 aliphatic carbocycles. The van der Waals surface area contributed by atoms with Gasteiger partial charge in [0.25, 0.3) is 11.8 Å². The molecule has 0 bridgehead atoms. The van der Waals surface area contributed by atoms with Crippen LogP contribution in [-0.4, -0.2) is 39.3 Å². The van der Waals surface area contributed by atoms with Gasteiger partial charge in [-0.1, -0.05) is 35.6 Å². The van der Waals surface area contributed by atoms with Crippen LogP contribution in [0.5, 0.6) is 5.75 Å². The normalized spacial score (nSPS) is 14.0. The maximum absolute atomic E-state index is 12.8. The van der Waals surface area contributed by atoms with E-state index in [1.54, 1.807) is 36.2 Å². The van der Waals surface area contributed by atoms with Gasteiger partial charge in [-0.15, -0.1) is 0 Å². The zero-order valence-electron chi connectivity index (χ0n) is 15.9. The van der Waals surface area contributed by atoms with E-state index in [2.05, 4.69) is 15.3 Å². The third-order valence-electron chi connectivity index (χ3n) is 4.56. The summed E-state index contributed by atoms with van der Waals surface area (Å²) in [6.07, 6.45) is 1.65. The van der Waals surface area contributed by atoms with E-state index in [9.17, 15) is 9.59 Å². The first-order chi connectivity index (χ1) is 14.1. The van der Waals surface area contributed by atoms with Crippen molar-refractivity contribution in [1.82, 2.24) is 14.9 Å². The van der Waals surface area contributed by atoms with Crippen LogP contribution in [0.1, 0.15) is 28.0 Å². The Morgan fingerprint density at radius 2 is 1.97 bits per heavy atom. The molecule has 1 N–H and O–H groups in total. The maximum atomic E-state index is 12.8. The van der Waals surface area contributed by atoms with Crippen molar-refractivity contribution in [3.05, 3.63) is 71.0 Å². The van der Waals surface area contributed by atoms with E-state index in [4.69, 9.17) is 4.74 Å². The molecule has 29 heavy (non-hydrogen) atoms. The standard InChI is InChI=1S/C21H20N4O3S/c1-14(28-15-7-3-2-4-8-15)20(27)25-12-10-16-18(13-25)29-21(23-16)24-19(26)17-9-5-6-11-22-17/h2-9,11,14H,10,12-13H2,1H3,(H,23,24,26). The summed E-state index contributed by atoms with van der Waals surface area (Å²) < 4.78 is 5.76. The molecule has 1 aliphatic rings. The highest BCUT2D eigenvalue weighted by molar-refractivity contribution is 7.15.